The van der Waals surface area contributed by atoms with Crippen molar-refractivity contribution in [1.29, 1.82) is 0 Å². The van der Waals surface area contributed by atoms with Crippen molar-refractivity contribution in [2.24, 2.45) is 5.92 Å². The van der Waals surface area contributed by atoms with Gasteiger partial charge in [0.2, 0.25) is 0 Å². The lowest BCUT2D eigenvalue weighted by Crippen LogP contribution is -2.29. The van der Waals surface area contributed by atoms with Gasteiger partial charge in [0, 0.05) is 16.6 Å². The largest absolute Gasteiger partial charge is 0.465 e. The minimum atomic E-state index is -0.298. The molecule has 0 spiro atoms. The summed E-state index contributed by atoms with van der Waals surface area (Å²) in [5.41, 5.74) is 4.03. The molecule has 0 aromatic heterocycles. The van der Waals surface area contributed by atoms with E-state index in [-0.39, 0.29) is 12.0 Å². The lowest BCUT2D eigenvalue weighted by atomic mass is 9.76. The van der Waals surface area contributed by atoms with E-state index in [9.17, 15) is 4.79 Å². The normalized spacial score (nSPS) is 24.0. The summed E-state index contributed by atoms with van der Waals surface area (Å²) in [6.07, 6.45) is 5.49. The van der Waals surface area contributed by atoms with Crippen LogP contribution in [0.4, 0.5) is 5.69 Å². The average molecular weight is 340 g/mol. The molecule has 2 aromatic rings. The molecular weight excluding hydrogens is 322 g/mol. The topological polar surface area (TPSA) is 38.3 Å². The molecule has 122 valence electrons. The van der Waals surface area contributed by atoms with Gasteiger partial charge in [-0.15, -0.1) is 0 Å². The van der Waals surface area contributed by atoms with Crippen molar-refractivity contribution in [3.63, 3.8) is 0 Å². The van der Waals surface area contributed by atoms with Crippen LogP contribution in [0.5, 0.6) is 0 Å². The van der Waals surface area contributed by atoms with E-state index in [2.05, 4.69) is 23.5 Å². The molecule has 0 bridgehead atoms. The SMILES string of the molecule is COC(=O)c1ccc2c(c1)[C@@H]1C=CC[C@H]1[C@H](c1cccc(Cl)c1)N2. The van der Waals surface area contributed by atoms with E-state index in [4.69, 9.17) is 16.3 Å². The van der Waals surface area contributed by atoms with Crippen LogP contribution >= 0.6 is 11.6 Å². The number of anilines is 1. The number of halogens is 1. The maximum atomic E-state index is 11.8. The van der Waals surface area contributed by atoms with Crippen molar-refractivity contribution in [2.45, 2.75) is 18.4 Å². The van der Waals surface area contributed by atoms with E-state index in [0.29, 0.717) is 17.4 Å². The molecule has 0 saturated carbocycles. The molecule has 2 aromatic carbocycles. The van der Waals surface area contributed by atoms with Crippen LogP contribution in [0.25, 0.3) is 0 Å². The highest BCUT2D eigenvalue weighted by atomic mass is 35.5. The molecule has 1 heterocycles. The monoisotopic (exact) mass is 339 g/mol. The van der Waals surface area contributed by atoms with E-state index >= 15 is 0 Å². The quantitative estimate of drug-likeness (QED) is 0.621. The number of nitrogens with one attached hydrogen (secondary N) is 1. The molecule has 0 unspecified atom stereocenters. The number of fused-ring (bicyclic) bond motifs is 3. The number of hydrogen-bond donors (Lipinski definition) is 1. The van der Waals surface area contributed by atoms with Crippen molar-refractivity contribution in [3.05, 3.63) is 76.3 Å². The third-order valence-electron chi connectivity index (χ3n) is 4.99. The molecule has 1 aliphatic heterocycles. The molecule has 4 rings (SSSR count). The van der Waals surface area contributed by atoms with E-state index in [1.807, 2.05) is 36.4 Å². The first-order valence-electron chi connectivity index (χ1n) is 8.08. The molecule has 0 amide bonds. The lowest BCUT2D eigenvalue weighted by Gasteiger charge is -2.37. The Bertz CT molecular complexity index is 830. The fourth-order valence-corrected chi connectivity index (χ4v) is 4.07. The van der Waals surface area contributed by atoms with Gasteiger partial charge in [0.1, 0.15) is 0 Å². The molecule has 3 nitrogen and oxygen atoms in total. The Morgan fingerprint density at radius 3 is 2.92 bits per heavy atom. The summed E-state index contributed by atoms with van der Waals surface area (Å²) < 4.78 is 4.85. The maximum Gasteiger partial charge on any atom is 0.337 e. The first-order chi connectivity index (χ1) is 11.7. The van der Waals surface area contributed by atoms with Gasteiger partial charge in [-0.05, 0) is 53.8 Å². The van der Waals surface area contributed by atoms with Gasteiger partial charge >= 0.3 is 5.97 Å². The second-order valence-electron chi connectivity index (χ2n) is 6.32. The van der Waals surface area contributed by atoms with Gasteiger partial charge in [-0.25, -0.2) is 4.79 Å². The number of benzene rings is 2. The van der Waals surface area contributed by atoms with Crippen LogP contribution in [-0.4, -0.2) is 13.1 Å². The second kappa shape index (κ2) is 5.99. The van der Waals surface area contributed by atoms with Crippen molar-refractivity contribution in [3.8, 4) is 0 Å². The molecular formula is C20H18ClNO2. The Morgan fingerprint density at radius 1 is 1.25 bits per heavy atom. The first kappa shape index (κ1) is 15.3. The van der Waals surface area contributed by atoms with Crippen LogP contribution in [0.1, 0.15) is 39.9 Å². The van der Waals surface area contributed by atoms with E-state index < -0.39 is 0 Å². The Hall–Kier alpha value is -2.26. The Morgan fingerprint density at radius 2 is 2.12 bits per heavy atom. The van der Waals surface area contributed by atoms with Crippen molar-refractivity contribution >= 4 is 23.3 Å². The van der Waals surface area contributed by atoms with Crippen LogP contribution in [0.3, 0.4) is 0 Å². The lowest BCUT2D eigenvalue weighted by molar-refractivity contribution is 0.0600. The molecule has 2 aliphatic rings. The number of carbonyl (C=O) groups is 1. The van der Waals surface area contributed by atoms with Crippen LogP contribution in [-0.2, 0) is 4.74 Å². The predicted molar refractivity (Wildman–Crippen MR) is 95.6 cm³/mol. The fraction of sp³-hybridized carbons (Fsp3) is 0.250. The zero-order valence-electron chi connectivity index (χ0n) is 13.3. The average Bonchev–Trinajstić information content (AvgIpc) is 3.10. The molecule has 4 heteroatoms. The molecule has 1 N–H and O–H groups in total. The van der Waals surface area contributed by atoms with Crippen LogP contribution < -0.4 is 5.32 Å². The minimum absolute atomic E-state index is 0.208. The summed E-state index contributed by atoms with van der Waals surface area (Å²) in [4.78, 5) is 11.8. The number of hydrogen-bond acceptors (Lipinski definition) is 3. The van der Waals surface area contributed by atoms with Crippen LogP contribution in [0, 0.1) is 5.92 Å². The summed E-state index contributed by atoms with van der Waals surface area (Å²) in [6.45, 7) is 0. The summed E-state index contributed by atoms with van der Waals surface area (Å²) in [7, 11) is 1.41. The van der Waals surface area contributed by atoms with Crippen molar-refractivity contribution < 1.29 is 9.53 Å². The number of ether oxygens (including phenoxy) is 1. The second-order valence-corrected chi connectivity index (χ2v) is 6.76. The van der Waals surface area contributed by atoms with Crippen LogP contribution in [0.2, 0.25) is 5.02 Å². The maximum absolute atomic E-state index is 11.8. The number of methoxy groups -OCH3 is 1. The highest BCUT2D eigenvalue weighted by Gasteiger charge is 2.38. The standard InChI is InChI=1S/C20H18ClNO2/c1-24-20(23)13-8-9-18-17(11-13)15-6-3-7-16(15)19(22-18)12-4-2-5-14(21)10-12/h2-6,8-11,15-16,19,22H,7H2,1H3/t15-,16-,19+/m1/s1. The summed E-state index contributed by atoms with van der Waals surface area (Å²) >= 11 is 6.18. The minimum Gasteiger partial charge on any atom is -0.465 e. The molecule has 3 atom stereocenters. The molecule has 1 aliphatic carbocycles. The number of allylic oxidation sites excluding steroid dienone is 2. The van der Waals surface area contributed by atoms with Gasteiger partial charge in [-0.3, -0.25) is 0 Å². The number of rotatable bonds is 2. The van der Waals surface area contributed by atoms with Gasteiger partial charge in [0.25, 0.3) is 0 Å². The van der Waals surface area contributed by atoms with E-state index in [1.165, 1.54) is 12.7 Å². The zero-order valence-corrected chi connectivity index (χ0v) is 14.1. The van der Waals surface area contributed by atoms with Crippen molar-refractivity contribution in [1.82, 2.24) is 0 Å². The van der Waals surface area contributed by atoms with E-state index in [1.54, 1.807) is 0 Å². The van der Waals surface area contributed by atoms with Crippen molar-refractivity contribution in [2.75, 3.05) is 12.4 Å². The van der Waals surface area contributed by atoms with Gasteiger partial charge < -0.3 is 10.1 Å². The third kappa shape index (κ3) is 2.49. The van der Waals surface area contributed by atoms with Crippen LogP contribution in [0.15, 0.2) is 54.6 Å². The number of carbonyl (C=O) groups excluding carboxylic acids is 1. The predicted octanol–water partition coefficient (Wildman–Crippen LogP) is 4.95. The summed E-state index contributed by atoms with van der Waals surface area (Å²) in [5.74, 6) is 0.423. The fourth-order valence-electron chi connectivity index (χ4n) is 3.87. The highest BCUT2D eigenvalue weighted by molar-refractivity contribution is 6.30. The molecule has 0 radical (unpaired) electrons. The van der Waals surface area contributed by atoms with E-state index in [0.717, 1.165) is 22.7 Å². The van der Waals surface area contributed by atoms with Gasteiger partial charge in [0.05, 0.1) is 18.7 Å². The first-order valence-corrected chi connectivity index (χ1v) is 8.46. The third-order valence-corrected chi connectivity index (χ3v) is 5.23. The zero-order chi connectivity index (χ0) is 16.7. The summed E-state index contributed by atoms with van der Waals surface area (Å²) in [5, 5.41) is 4.40. The Balaban J connectivity index is 1.76. The molecule has 0 fully saturated rings. The highest BCUT2D eigenvalue weighted by Crippen LogP contribution is 2.50. The number of esters is 1. The van der Waals surface area contributed by atoms with Gasteiger partial charge in [-0.1, -0.05) is 35.9 Å². The summed E-state index contributed by atoms with van der Waals surface area (Å²) in [6, 6.07) is 14.0. The molecule has 24 heavy (non-hydrogen) atoms. The smallest absolute Gasteiger partial charge is 0.337 e. The van der Waals surface area contributed by atoms with Gasteiger partial charge in [-0.2, -0.15) is 0 Å². The molecule has 0 saturated heterocycles. The van der Waals surface area contributed by atoms with Gasteiger partial charge in [0.15, 0.2) is 0 Å². The Labute approximate surface area is 146 Å². The Kier molecular flexibility index (Phi) is 3.81.